The molecular weight excluding hydrogens is 214 g/mol. The number of nitrogens with one attached hydrogen (secondary N) is 1. The largest absolute Gasteiger partial charge is 0.481 e. The number of nitrogens with zero attached hydrogens (tertiary/aromatic N) is 2. The van der Waals surface area contributed by atoms with Crippen LogP contribution in [0.15, 0.2) is 18.2 Å². The minimum Gasteiger partial charge on any atom is -0.481 e. The fraction of sp³-hybridized carbons (Fsp3) is 0.615. The molecule has 0 aliphatic rings. The summed E-state index contributed by atoms with van der Waals surface area (Å²) in [6.45, 7) is 2.99. The second-order valence-electron chi connectivity index (χ2n) is 4.36. The Bertz CT molecular complexity index is 315. The second-order valence-corrected chi connectivity index (χ2v) is 4.36. The number of hydrogen-bond acceptors (Lipinski definition) is 4. The van der Waals surface area contributed by atoms with Crippen molar-refractivity contribution in [2.45, 2.75) is 19.4 Å². The van der Waals surface area contributed by atoms with E-state index in [-0.39, 0.29) is 0 Å². The molecule has 0 bridgehead atoms. The van der Waals surface area contributed by atoms with Crippen LogP contribution in [-0.2, 0) is 6.54 Å². The van der Waals surface area contributed by atoms with E-state index >= 15 is 0 Å². The van der Waals surface area contributed by atoms with E-state index in [0.717, 1.165) is 25.3 Å². The summed E-state index contributed by atoms with van der Waals surface area (Å²) in [5.41, 5.74) is 1.02. The Morgan fingerprint density at radius 3 is 2.82 bits per heavy atom. The molecule has 0 aliphatic heterocycles. The van der Waals surface area contributed by atoms with Crippen molar-refractivity contribution in [1.29, 1.82) is 0 Å². The van der Waals surface area contributed by atoms with Crippen LogP contribution < -0.4 is 10.1 Å². The molecule has 4 nitrogen and oxygen atoms in total. The number of methoxy groups -OCH3 is 1. The van der Waals surface area contributed by atoms with Gasteiger partial charge >= 0.3 is 0 Å². The highest BCUT2D eigenvalue weighted by molar-refractivity contribution is 5.15. The van der Waals surface area contributed by atoms with Gasteiger partial charge in [-0.1, -0.05) is 6.07 Å². The van der Waals surface area contributed by atoms with Gasteiger partial charge in [0, 0.05) is 12.6 Å². The van der Waals surface area contributed by atoms with Gasteiger partial charge in [0.05, 0.1) is 12.8 Å². The number of ether oxygens (including phenoxy) is 1. The van der Waals surface area contributed by atoms with E-state index in [4.69, 9.17) is 4.74 Å². The fourth-order valence-corrected chi connectivity index (χ4v) is 1.56. The molecule has 1 aromatic rings. The van der Waals surface area contributed by atoms with E-state index < -0.39 is 0 Å². The maximum absolute atomic E-state index is 5.08. The number of hydrogen-bond donors (Lipinski definition) is 1. The third kappa shape index (κ3) is 6.24. The topological polar surface area (TPSA) is 37.4 Å². The molecule has 17 heavy (non-hydrogen) atoms. The molecule has 4 heteroatoms. The zero-order valence-corrected chi connectivity index (χ0v) is 11.1. The molecule has 0 spiro atoms. The zero-order chi connectivity index (χ0) is 12.5. The molecule has 1 aromatic heterocycles. The lowest BCUT2D eigenvalue weighted by Gasteiger charge is -2.09. The lowest BCUT2D eigenvalue weighted by atomic mass is 10.3. The SMILES string of the molecule is COc1cccc(CNCCCCN(C)C)n1. The Morgan fingerprint density at radius 2 is 2.12 bits per heavy atom. The Hall–Kier alpha value is -1.13. The van der Waals surface area contributed by atoms with Crippen molar-refractivity contribution in [3.8, 4) is 5.88 Å². The van der Waals surface area contributed by atoms with E-state index in [1.807, 2.05) is 18.2 Å². The van der Waals surface area contributed by atoms with Gasteiger partial charge in [0.15, 0.2) is 0 Å². The fourth-order valence-electron chi connectivity index (χ4n) is 1.56. The van der Waals surface area contributed by atoms with Crippen LogP contribution in [0.5, 0.6) is 5.88 Å². The van der Waals surface area contributed by atoms with Gasteiger partial charge in [0.2, 0.25) is 5.88 Å². The number of rotatable bonds is 8. The zero-order valence-electron chi connectivity index (χ0n) is 11.1. The molecule has 0 radical (unpaired) electrons. The number of unbranched alkanes of at least 4 members (excludes halogenated alkanes) is 1. The van der Waals surface area contributed by atoms with Gasteiger partial charge in [-0.3, -0.25) is 0 Å². The molecule has 0 fully saturated rings. The minimum atomic E-state index is 0.678. The molecule has 0 aliphatic carbocycles. The van der Waals surface area contributed by atoms with E-state index in [2.05, 4.69) is 29.3 Å². The molecule has 0 saturated heterocycles. The van der Waals surface area contributed by atoms with Crippen LogP contribution in [0.1, 0.15) is 18.5 Å². The summed E-state index contributed by atoms with van der Waals surface area (Å²) in [4.78, 5) is 6.56. The predicted octanol–water partition coefficient (Wildman–Crippen LogP) is 1.52. The predicted molar refractivity (Wildman–Crippen MR) is 70.3 cm³/mol. The molecule has 0 amide bonds. The van der Waals surface area contributed by atoms with Crippen molar-refractivity contribution in [2.24, 2.45) is 0 Å². The van der Waals surface area contributed by atoms with Crippen molar-refractivity contribution in [3.05, 3.63) is 23.9 Å². The average molecular weight is 237 g/mol. The van der Waals surface area contributed by atoms with Gasteiger partial charge in [-0.05, 0) is 46.1 Å². The van der Waals surface area contributed by atoms with Gasteiger partial charge in [0.25, 0.3) is 0 Å². The third-order valence-corrected chi connectivity index (χ3v) is 2.51. The Kier molecular flexibility index (Phi) is 6.58. The lowest BCUT2D eigenvalue weighted by molar-refractivity contribution is 0.390. The molecule has 0 saturated carbocycles. The van der Waals surface area contributed by atoms with Crippen molar-refractivity contribution in [2.75, 3.05) is 34.3 Å². The van der Waals surface area contributed by atoms with Crippen LogP contribution in [0.3, 0.4) is 0 Å². The van der Waals surface area contributed by atoms with Crippen molar-refractivity contribution in [1.82, 2.24) is 15.2 Å². The molecular formula is C13H23N3O. The Morgan fingerprint density at radius 1 is 1.29 bits per heavy atom. The lowest BCUT2D eigenvalue weighted by Crippen LogP contribution is -2.18. The molecule has 96 valence electrons. The normalized spacial score (nSPS) is 10.8. The maximum atomic E-state index is 5.08. The second kappa shape index (κ2) is 8.03. The highest BCUT2D eigenvalue weighted by Crippen LogP contribution is 2.06. The summed E-state index contributed by atoms with van der Waals surface area (Å²) in [7, 11) is 5.85. The molecule has 0 aromatic carbocycles. The summed E-state index contributed by atoms with van der Waals surface area (Å²) in [6.07, 6.45) is 2.42. The first-order valence-electron chi connectivity index (χ1n) is 6.07. The first-order valence-corrected chi connectivity index (χ1v) is 6.07. The smallest absolute Gasteiger partial charge is 0.213 e. The Labute approximate surface area is 104 Å². The number of pyridine rings is 1. The molecule has 1 heterocycles. The summed E-state index contributed by atoms with van der Waals surface area (Å²) in [6, 6.07) is 5.84. The molecule has 0 unspecified atom stereocenters. The number of aromatic nitrogens is 1. The van der Waals surface area contributed by atoms with Crippen LogP contribution in [0.25, 0.3) is 0 Å². The van der Waals surface area contributed by atoms with E-state index in [9.17, 15) is 0 Å². The molecule has 0 atom stereocenters. The minimum absolute atomic E-state index is 0.678. The van der Waals surface area contributed by atoms with E-state index in [1.165, 1.54) is 12.8 Å². The molecule has 1 rings (SSSR count). The van der Waals surface area contributed by atoms with Crippen LogP contribution >= 0.6 is 0 Å². The monoisotopic (exact) mass is 237 g/mol. The van der Waals surface area contributed by atoms with Crippen LogP contribution in [0.2, 0.25) is 0 Å². The summed E-state index contributed by atoms with van der Waals surface area (Å²) in [5, 5.41) is 3.39. The van der Waals surface area contributed by atoms with Crippen molar-refractivity contribution < 1.29 is 4.74 Å². The van der Waals surface area contributed by atoms with Gasteiger partial charge in [-0.25, -0.2) is 4.98 Å². The third-order valence-electron chi connectivity index (χ3n) is 2.51. The summed E-state index contributed by atoms with van der Waals surface area (Å²) >= 11 is 0. The first-order chi connectivity index (χ1) is 8.22. The van der Waals surface area contributed by atoms with Gasteiger partial charge in [-0.15, -0.1) is 0 Å². The quantitative estimate of drug-likeness (QED) is 0.696. The van der Waals surface area contributed by atoms with Crippen LogP contribution in [0, 0.1) is 0 Å². The highest BCUT2D eigenvalue weighted by Gasteiger charge is 1.97. The maximum Gasteiger partial charge on any atom is 0.213 e. The van der Waals surface area contributed by atoms with Crippen molar-refractivity contribution in [3.63, 3.8) is 0 Å². The highest BCUT2D eigenvalue weighted by atomic mass is 16.5. The van der Waals surface area contributed by atoms with Crippen LogP contribution in [0.4, 0.5) is 0 Å². The standard InChI is InChI=1S/C13H23N3O/c1-16(2)10-5-4-9-14-11-12-7-6-8-13(15-12)17-3/h6-8,14H,4-5,9-11H2,1-3H3. The summed E-state index contributed by atoms with van der Waals surface area (Å²) < 4.78 is 5.08. The van der Waals surface area contributed by atoms with Gasteiger partial charge in [0.1, 0.15) is 0 Å². The summed E-state index contributed by atoms with van der Waals surface area (Å²) in [5.74, 6) is 0.678. The average Bonchev–Trinajstić information content (AvgIpc) is 2.33. The Balaban J connectivity index is 2.13. The first kappa shape index (κ1) is 13.9. The van der Waals surface area contributed by atoms with Gasteiger partial charge < -0.3 is 15.0 Å². The van der Waals surface area contributed by atoms with E-state index in [1.54, 1.807) is 7.11 Å². The van der Waals surface area contributed by atoms with Crippen molar-refractivity contribution >= 4 is 0 Å². The van der Waals surface area contributed by atoms with E-state index in [0.29, 0.717) is 5.88 Å². The molecule has 1 N–H and O–H groups in total. The van der Waals surface area contributed by atoms with Gasteiger partial charge in [-0.2, -0.15) is 0 Å². The van der Waals surface area contributed by atoms with Crippen LogP contribution in [-0.4, -0.2) is 44.2 Å².